The molecule has 1 saturated heterocycles. The number of hydrogen-bond donors (Lipinski definition) is 1. The zero-order valence-electron chi connectivity index (χ0n) is 18.0. The third kappa shape index (κ3) is 6.16. The second-order valence-corrected chi connectivity index (χ2v) is 9.44. The van der Waals surface area contributed by atoms with Crippen LogP contribution in [0.1, 0.15) is 34.3 Å². The molecule has 5 nitrogen and oxygen atoms in total. The van der Waals surface area contributed by atoms with Gasteiger partial charge in [0.1, 0.15) is 6.61 Å². The van der Waals surface area contributed by atoms with Gasteiger partial charge in [-0.1, -0.05) is 52.5 Å². The van der Waals surface area contributed by atoms with Gasteiger partial charge in [-0.25, -0.2) is 5.43 Å². The minimum atomic E-state index is -0.304. The molecule has 0 spiro atoms. The second-order valence-electron chi connectivity index (χ2n) is 7.78. The summed E-state index contributed by atoms with van der Waals surface area (Å²) in [5, 5.41) is 5.67. The van der Waals surface area contributed by atoms with E-state index in [1.807, 2.05) is 12.1 Å². The first-order valence-corrected chi connectivity index (χ1v) is 12.2. The van der Waals surface area contributed by atoms with Crippen LogP contribution in [0.5, 0.6) is 5.75 Å². The van der Waals surface area contributed by atoms with Crippen molar-refractivity contribution in [3.05, 3.63) is 91.4 Å². The van der Waals surface area contributed by atoms with Gasteiger partial charge in [0.25, 0.3) is 5.91 Å². The van der Waals surface area contributed by atoms with Crippen LogP contribution in [0, 0.1) is 0 Å². The number of ether oxygens (including phenoxy) is 1. The van der Waals surface area contributed by atoms with Crippen LogP contribution >= 0.6 is 46.4 Å². The van der Waals surface area contributed by atoms with Crippen LogP contribution in [0.4, 0.5) is 5.69 Å². The molecule has 3 aromatic rings. The summed E-state index contributed by atoms with van der Waals surface area (Å²) >= 11 is 24.8. The molecule has 0 atom stereocenters. The fourth-order valence-electron chi connectivity index (χ4n) is 3.61. The number of anilines is 1. The fourth-order valence-corrected chi connectivity index (χ4v) is 4.69. The van der Waals surface area contributed by atoms with Crippen molar-refractivity contribution in [1.29, 1.82) is 0 Å². The van der Waals surface area contributed by atoms with E-state index in [1.54, 1.807) is 42.5 Å². The predicted octanol–water partition coefficient (Wildman–Crippen LogP) is 7.24. The lowest BCUT2D eigenvalue weighted by Gasteiger charge is -2.17. The number of nitrogens with one attached hydrogen (secondary N) is 1. The number of hydrogen-bond acceptors (Lipinski definition) is 4. The molecule has 1 fully saturated rings. The Morgan fingerprint density at radius 1 is 0.941 bits per heavy atom. The molecule has 0 unspecified atom stereocenters. The van der Waals surface area contributed by atoms with Crippen molar-refractivity contribution in [2.24, 2.45) is 5.10 Å². The summed E-state index contributed by atoms with van der Waals surface area (Å²) in [5.41, 5.74) is 5.54. The van der Waals surface area contributed by atoms with Crippen LogP contribution in [0.25, 0.3) is 0 Å². The molecule has 0 saturated carbocycles. The number of carbonyl (C=O) groups excluding carboxylic acids is 1. The van der Waals surface area contributed by atoms with E-state index in [1.165, 1.54) is 19.1 Å². The molecule has 9 heteroatoms. The minimum Gasteiger partial charge on any atom is -0.486 e. The first kappa shape index (κ1) is 24.7. The maximum atomic E-state index is 12.4. The number of rotatable bonds is 7. The van der Waals surface area contributed by atoms with E-state index in [0.29, 0.717) is 37.0 Å². The second kappa shape index (κ2) is 11.3. The molecular formula is C25H21Cl4N3O2. The van der Waals surface area contributed by atoms with Crippen molar-refractivity contribution in [2.45, 2.75) is 19.4 Å². The Kier molecular flexibility index (Phi) is 8.22. The molecule has 0 radical (unpaired) electrons. The van der Waals surface area contributed by atoms with Gasteiger partial charge in [0.15, 0.2) is 5.75 Å². The number of amides is 1. The van der Waals surface area contributed by atoms with Gasteiger partial charge in [0, 0.05) is 39.9 Å². The third-order valence-electron chi connectivity index (χ3n) is 5.39. The minimum absolute atomic E-state index is 0.176. The molecule has 1 amide bonds. The van der Waals surface area contributed by atoms with E-state index in [9.17, 15) is 4.79 Å². The van der Waals surface area contributed by atoms with Crippen molar-refractivity contribution >= 4 is 64.2 Å². The molecule has 1 N–H and O–H groups in total. The van der Waals surface area contributed by atoms with E-state index in [4.69, 9.17) is 51.1 Å². The number of hydrazone groups is 1. The van der Waals surface area contributed by atoms with Crippen molar-refractivity contribution in [1.82, 2.24) is 5.43 Å². The SMILES string of the molecule is O=C(N/N=C\c1cc(Cl)c(OCc2ccc(Cl)cc2Cl)c(Cl)c1)c1ccc(N2CCCC2)cc1. The molecule has 0 aromatic heterocycles. The maximum absolute atomic E-state index is 12.4. The van der Waals surface area contributed by atoms with Crippen LogP contribution in [0.2, 0.25) is 20.1 Å². The first-order chi connectivity index (χ1) is 16.4. The molecule has 0 aliphatic carbocycles. The Bertz CT molecular complexity index is 1190. The highest BCUT2D eigenvalue weighted by Crippen LogP contribution is 2.35. The largest absolute Gasteiger partial charge is 0.486 e. The number of carbonyl (C=O) groups is 1. The van der Waals surface area contributed by atoms with E-state index in [-0.39, 0.29) is 12.5 Å². The van der Waals surface area contributed by atoms with E-state index in [2.05, 4.69) is 15.4 Å². The normalized spacial score (nSPS) is 13.5. The van der Waals surface area contributed by atoms with Gasteiger partial charge in [-0.15, -0.1) is 0 Å². The predicted molar refractivity (Wildman–Crippen MR) is 140 cm³/mol. The zero-order valence-corrected chi connectivity index (χ0v) is 21.1. The van der Waals surface area contributed by atoms with Crippen LogP contribution in [-0.4, -0.2) is 25.2 Å². The van der Waals surface area contributed by atoms with Crippen LogP contribution < -0.4 is 15.1 Å². The van der Waals surface area contributed by atoms with Gasteiger partial charge in [0.05, 0.1) is 16.3 Å². The highest BCUT2D eigenvalue weighted by molar-refractivity contribution is 6.37. The molecule has 1 aliphatic rings. The molecule has 34 heavy (non-hydrogen) atoms. The lowest BCUT2D eigenvalue weighted by Crippen LogP contribution is -2.19. The molecule has 1 aliphatic heterocycles. The molecule has 1 heterocycles. The third-order valence-corrected chi connectivity index (χ3v) is 6.54. The van der Waals surface area contributed by atoms with Crippen molar-refractivity contribution in [2.75, 3.05) is 18.0 Å². The van der Waals surface area contributed by atoms with Crippen molar-refractivity contribution < 1.29 is 9.53 Å². The van der Waals surface area contributed by atoms with Gasteiger partial charge in [-0.2, -0.15) is 5.10 Å². The summed E-state index contributed by atoms with van der Waals surface area (Å²) in [5.74, 6) is 0.0230. The van der Waals surface area contributed by atoms with Gasteiger partial charge in [0.2, 0.25) is 0 Å². The van der Waals surface area contributed by atoms with Crippen molar-refractivity contribution in [3.8, 4) is 5.75 Å². The summed E-state index contributed by atoms with van der Waals surface area (Å²) in [4.78, 5) is 14.7. The summed E-state index contributed by atoms with van der Waals surface area (Å²) in [7, 11) is 0. The van der Waals surface area contributed by atoms with Crippen molar-refractivity contribution in [3.63, 3.8) is 0 Å². The summed E-state index contributed by atoms with van der Waals surface area (Å²) < 4.78 is 5.77. The topological polar surface area (TPSA) is 53.9 Å². The summed E-state index contributed by atoms with van der Waals surface area (Å²) in [6.45, 7) is 2.29. The lowest BCUT2D eigenvalue weighted by molar-refractivity contribution is 0.0955. The molecule has 176 valence electrons. The molecular weight excluding hydrogens is 516 g/mol. The fraction of sp³-hybridized carbons (Fsp3) is 0.200. The van der Waals surface area contributed by atoms with Gasteiger partial charge in [-0.3, -0.25) is 4.79 Å². The van der Waals surface area contributed by atoms with Gasteiger partial charge >= 0.3 is 0 Å². The van der Waals surface area contributed by atoms with Gasteiger partial charge < -0.3 is 9.64 Å². The van der Waals surface area contributed by atoms with E-state index < -0.39 is 0 Å². The quantitative estimate of drug-likeness (QED) is 0.255. The standard InChI is InChI=1S/C25H21Cl4N3O2/c26-19-6-3-18(21(27)13-19)15-34-24-22(28)11-16(12-23(24)29)14-30-31-25(33)17-4-7-20(8-5-17)32-9-1-2-10-32/h3-8,11-14H,1-2,9-10,15H2,(H,31,33)/b30-14-. The Morgan fingerprint density at radius 3 is 2.26 bits per heavy atom. The Morgan fingerprint density at radius 2 is 1.62 bits per heavy atom. The van der Waals surface area contributed by atoms with Crippen LogP contribution in [-0.2, 0) is 6.61 Å². The zero-order chi connectivity index (χ0) is 24.1. The maximum Gasteiger partial charge on any atom is 0.271 e. The Hall–Kier alpha value is -2.44. The number of halogens is 4. The van der Waals surface area contributed by atoms with Crippen LogP contribution in [0.3, 0.4) is 0 Å². The summed E-state index contributed by atoms with van der Waals surface area (Å²) in [6, 6.07) is 15.9. The van der Waals surface area contributed by atoms with E-state index in [0.717, 1.165) is 24.3 Å². The monoisotopic (exact) mass is 535 g/mol. The lowest BCUT2D eigenvalue weighted by atomic mass is 10.2. The number of nitrogens with zero attached hydrogens (tertiary/aromatic N) is 2. The number of benzene rings is 3. The average molecular weight is 537 g/mol. The molecule has 0 bridgehead atoms. The Labute approximate surface area is 218 Å². The van der Waals surface area contributed by atoms with Gasteiger partial charge in [-0.05, 0) is 66.9 Å². The molecule has 3 aromatic carbocycles. The van der Waals surface area contributed by atoms with Crippen LogP contribution in [0.15, 0.2) is 59.7 Å². The molecule has 4 rings (SSSR count). The summed E-state index contributed by atoms with van der Waals surface area (Å²) in [6.07, 6.45) is 3.87. The highest BCUT2D eigenvalue weighted by Gasteiger charge is 2.13. The van der Waals surface area contributed by atoms with E-state index >= 15 is 0 Å². The highest BCUT2D eigenvalue weighted by atomic mass is 35.5. The average Bonchev–Trinajstić information content (AvgIpc) is 3.35. The smallest absolute Gasteiger partial charge is 0.271 e. The first-order valence-electron chi connectivity index (χ1n) is 10.6. The Balaban J connectivity index is 1.36.